The second-order valence-corrected chi connectivity index (χ2v) is 11.9. The van der Waals surface area contributed by atoms with E-state index in [1.165, 1.54) is 6.07 Å². The Labute approximate surface area is 269 Å². The largest absolute Gasteiger partial charge is 0.493 e. The third-order valence-corrected chi connectivity index (χ3v) is 8.71. The summed E-state index contributed by atoms with van der Waals surface area (Å²) in [4.78, 5) is 28.3. The zero-order valence-corrected chi connectivity index (χ0v) is 26.0. The molecule has 2 fully saturated rings. The third kappa shape index (κ3) is 7.07. The topological polar surface area (TPSA) is 109 Å². The second kappa shape index (κ2) is 13.6. The van der Waals surface area contributed by atoms with Crippen molar-refractivity contribution < 1.29 is 27.5 Å². The molecule has 0 saturated carbocycles. The molecule has 2 atom stereocenters. The number of nitrogens with zero attached hydrogens (tertiary/aromatic N) is 1. The molecule has 2 aliphatic heterocycles. The van der Waals surface area contributed by atoms with Crippen LogP contribution in [-0.4, -0.2) is 49.0 Å². The minimum Gasteiger partial charge on any atom is -0.493 e. The Bertz CT molecular complexity index is 1460. The van der Waals surface area contributed by atoms with Gasteiger partial charge in [-0.25, -0.2) is 0 Å². The third-order valence-electron chi connectivity index (χ3n) is 8.20. The van der Waals surface area contributed by atoms with Gasteiger partial charge in [0.2, 0.25) is 5.91 Å². The van der Waals surface area contributed by atoms with Crippen molar-refractivity contribution in [1.29, 1.82) is 0 Å². The quantitative estimate of drug-likeness (QED) is 0.260. The van der Waals surface area contributed by atoms with Crippen molar-refractivity contribution in [2.45, 2.75) is 49.7 Å². The molecule has 5 N–H and O–H groups in total. The fraction of sp³-hybridized carbons (Fsp3) is 0.375. The van der Waals surface area contributed by atoms with Gasteiger partial charge in [-0.05, 0) is 67.3 Å². The van der Waals surface area contributed by atoms with Crippen molar-refractivity contribution in [2.75, 3.05) is 26.2 Å². The van der Waals surface area contributed by atoms with E-state index in [9.17, 15) is 22.8 Å². The Morgan fingerprint density at radius 2 is 1.49 bits per heavy atom. The second-order valence-electron chi connectivity index (χ2n) is 11.1. The maximum Gasteiger partial charge on any atom is 0.416 e. The van der Waals surface area contributed by atoms with Gasteiger partial charge in [-0.3, -0.25) is 20.2 Å². The van der Waals surface area contributed by atoms with Gasteiger partial charge in [0.25, 0.3) is 5.91 Å². The fourth-order valence-electron chi connectivity index (χ4n) is 5.99. The Kier molecular flexibility index (Phi) is 9.95. The lowest BCUT2D eigenvalue weighted by molar-refractivity contribution is -0.141. The molecule has 240 valence electrons. The molecule has 3 aromatic carbocycles. The molecule has 0 bridgehead atoms. The number of nitrogens with two attached hydrogens (primary N) is 1. The highest BCUT2D eigenvalue weighted by molar-refractivity contribution is 6.30. The lowest BCUT2D eigenvalue weighted by Crippen LogP contribution is -2.61. The Morgan fingerprint density at radius 3 is 1.96 bits per heavy atom. The zero-order valence-electron chi connectivity index (χ0n) is 24.5. The number of piperidine rings is 1. The number of likely N-dealkylation sites (tertiary alicyclic amines) is 1. The highest BCUT2D eigenvalue weighted by atomic mass is 35.5. The standard InChI is InChI=1S/C32H34Cl2F3N5O3/c1-2-45-26-17-21(32(35,36)37)7-12-25(26)31(30(44)42-15-13-24(14-16-42)39-27(43)18-38)40-28(19-3-8-22(33)9-4-19)29(41-31)20-5-10-23(34)11-6-20/h3-12,17,24,28-29,40-41H,2,13-16,18,38H2,1H3,(H,39,43). The first-order valence-electron chi connectivity index (χ1n) is 14.6. The number of alkyl halides is 3. The summed E-state index contributed by atoms with van der Waals surface area (Å²) in [6.45, 7) is 2.22. The van der Waals surface area contributed by atoms with Gasteiger partial charge in [0, 0.05) is 34.7 Å². The summed E-state index contributed by atoms with van der Waals surface area (Å²) >= 11 is 12.4. The summed E-state index contributed by atoms with van der Waals surface area (Å²) in [6, 6.07) is 16.3. The number of halogens is 5. The lowest BCUT2D eigenvalue weighted by atomic mass is 9.93. The molecule has 5 rings (SSSR count). The number of rotatable bonds is 8. The first-order valence-corrected chi connectivity index (χ1v) is 15.4. The van der Waals surface area contributed by atoms with Gasteiger partial charge in [0.15, 0.2) is 5.66 Å². The van der Waals surface area contributed by atoms with Crippen molar-refractivity contribution in [1.82, 2.24) is 20.9 Å². The molecule has 8 nitrogen and oxygen atoms in total. The number of carbonyl (C=O) groups excluding carboxylic acids is 2. The first kappa shape index (κ1) is 33.0. The monoisotopic (exact) mass is 663 g/mol. The molecule has 2 amide bonds. The van der Waals surface area contributed by atoms with E-state index in [1.54, 1.807) is 36.1 Å². The molecule has 0 aromatic heterocycles. The molecule has 0 radical (unpaired) electrons. The smallest absolute Gasteiger partial charge is 0.416 e. The molecule has 13 heteroatoms. The van der Waals surface area contributed by atoms with Crippen molar-refractivity contribution in [3.05, 3.63) is 99.0 Å². The Balaban J connectivity index is 1.62. The summed E-state index contributed by atoms with van der Waals surface area (Å²) in [6.07, 6.45) is -3.65. The van der Waals surface area contributed by atoms with Gasteiger partial charge >= 0.3 is 6.18 Å². The summed E-state index contributed by atoms with van der Waals surface area (Å²) in [5.41, 5.74) is 4.68. The van der Waals surface area contributed by atoms with Gasteiger partial charge in [-0.1, -0.05) is 53.5 Å². The highest BCUT2D eigenvalue weighted by Crippen LogP contribution is 2.46. The average Bonchev–Trinajstić information content (AvgIpc) is 3.43. The van der Waals surface area contributed by atoms with Crippen LogP contribution < -0.4 is 26.4 Å². The van der Waals surface area contributed by atoms with E-state index in [2.05, 4.69) is 16.0 Å². The predicted molar refractivity (Wildman–Crippen MR) is 166 cm³/mol. The van der Waals surface area contributed by atoms with Crippen molar-refractivity contribution in [3.8, 4) is 5.75 Å². The van der Waals surface area contributed by atoms with Crippen LogP contribution in [0.4, 0.5) is 13.2 Å². The van der Waals surface area contributed by atoms with Gasteiger partial charge in [-0.15, -0.1) is 0 Å². The van der Waals surface area contributed by atoms with Crippen LogP contribution in [0, 0.1) is 0 Å². The number of amides is 2. The van der Waals surface area contributed by atoms with E-state index in [4.69, 9.17) is 33.7 Å². The van der Waals surface area contributed by atoms with Crippen LogP contribution in [0.25, 0.3) is 0 Å². The molecule has 0 spiro atoms. The lowest BCUT2D eigenvalue weighted by Gasteiger charge is -2.40. The molecule has 3 aromatic rings. The number of hydrogen-bond donors (Lipinski definition) is 4. The van der Waals surface area contributed by atoms with Gasteiger partial charge in [-0.2, -0.15) is 13.2 Å². The van der Waals surface area contributed by atoms with Crippen molar-refractivity contribution in [2.24, 2.45) is 5.73 Å². The van der Waals surface area contributed by atoms with Crippen LogP contribution >= 0.6 is 23.2 Å². The molecule has 2 heterocycles. The molecule has 0 aliphatic carbocycles. The van der Waals surface area contributed by atoms with E-state index in [-0.39, 0.29) is 42.3 Å². The number of carbonyl (C=O) groups is 2. The molecular weight excluding hydrogens is 630 g/mol. The minimum absolute atomic E-state index is 0.0719. The Morgan fingerprint density at radius 1 is 0.956 bits per heavy atom. The summed E-state index contributed by atoms with van der Waals surface area (Å²) in [7, 11) is 0. The van der Waals surface area contributed by atoms with E-state index in [1.807, 2.05) is 24.3 Å². The fourth-order valence-corrected chi connectivity index (χ4v) is 6.25. The van der Waals surface area contributed by atoms with Crippen LogP contribution in [0.1, 0.15) is 54.1 Å². The number of benzene rings is 3. The van der Waals surface area contributed by atoms with Crippen LogP contribution in [0.3, 0.4) is 0 Å². The van der Waals surface area contributed by atoms with E-state index in [0.717, 1.165) is 23.3 Å². The molecular formula is C32H34Cl2F3N5O3. The van der Waals surface area contributed by atoms with Gasteiger partial charge in [0.1, 0.15) is 5.75 Å². The average molecular weight is 665 g/mol. The van der Waals surface area contributed by atoms with Gasteiger partial charge in [0.05, 0.1) is 30.8 Å². The Hall–Kier alpha value is -3.35. The molecule has 2 saturated heterocycles. The van der Waals surface area contributed by atoms with E-state index < -0.39 is 29.5 Å². The number of nitrogens with one attached hydrogen (secondary N) is 3. The van der Waals surface area contributed by atoms with Crippen LogP contribution in [-0.2, 0) is 21.4 Å². The normalized spacial score (nSPS) is 22.3. The van der Waals surface area contributed by atoms with Crippen LogP contribution in [0.15, 0.2) is 66.7 Å². The van der Waals surface area contributed by atoms with Crippen LogP contribution in [0.5, 0.6) is 5.75 Å². The maximum absolute atomic E-state index is 14.8. The summed E-state index contributed by atoms with van der Waals surface area (Å²) < 4.78 is 47.3. The molecule has 2 aliphatic rings. The van der Waals surface area contributed by atoms with Gasteiger partial charge < -0.3 is 20.7 Å². The molecule has 2 unspecified atom stereocenters. The van der Waals surface area contributed by atoms with Crippen molar-refractivity contribution in [3.63, 3.8) is 0 Å². The van der Waals surface area contributed by atoms with E-state index >= 15 is 0 Å². The van der Waals surface area contributed by atoms with E-state index in [0.29, 0.717) is 36.0 Å². The summed E-state index contributed by atoms with van der Waals surface area (Å²) in [5, 5.41) is 10.9. The predicted octanol–water partition coefficient (Wildman–Crippen LogP) is 5.31. The first-order chi connectivity index (χ1) is 21.4. The minimum atomic E-state index is -4.62. The number of hydrogen-bond acceptors (Lipinski definition) is 6. The number of ether oxygens (including phenoxy) is 1. The maximum atomic E-state index is 14.8. The zero-order chi connectivity index (χ0) is 32.4. The highest BCUT2D eigenvalue weighted by Gasteiger charge is 2.55. The SMILES string of the molecule is CCOc1cc(C(F)(F)F)ccc1C1(C(=O)N2CCC(NC(=O)CN)CC2)NC(c2ccc(Cl)cc2)C(c2ccc(Cl)cc2)N1. The molecule has 45 heavy (non-hydrogen) atoms. The van der Waals surface area contributed by atoms with Crippen LogP contribution in [0.2, 0.25) is 10.0 Å². The summed E-state index contributed by atoms with van der Waals surface area (Å²) in [5.74, 6) is -0.738. The van der Waals surface area contributed by atoms with Crippen molar-refractivity contribution >= 4 is 35.0 Å².